The predicted molar refractivity (Wildman–Crippen MR) is 185 cm³/mol. The standard InChI is InChI=1S/C38H38N2O9/c1-23(41)48-22-32(40-38(43)49-21-30-28-12-8-6-10-26(28)27-11-7-9-13-29(27)30)37(42)39-31-18-24(16-17-33(31)44-2)14-15-25-19-34(45-3)36(47-5)35(20-25)46-4/h6-20,30,32H,21-22H2,1-5H3,(H,39,42)(H,40,43)/b15-14-/t32-/m0/s1. The zero-order valence-corrected chi connectivity index (χ0v) is 27.9. The number of rotatable bonds is 13. The van der Waals surface area contributed by atoms with Crippen LogP contribution in [0.5, 0.6) is 23.0 Å². The van der Waals surface area contributed by atoms with Gasteiger partial charge in [0.15, 0.2) is 11.5 Å². The maximum Gasteiger partial charge on any atom is 0.407 e. The largest absolute Gasteiger partial charge is 0.495 e. The minimum absolute atomic E-state index is 0.0515. The van der Waals surface area contributed by atoms with E-state index in [2.05, 4.69) is 10.6 Å². The SMILES string of the molecule is COc1ccc(/C=C\c2cc(OC)c(OC)c(OC)c2)cc1NC(=O)[C@H](COC(C)=O)NC(=O)OCC1c2ccccc2-c2ccccc21. The number of carbonyl (C=O) groups is 3. The van der Waals surface area contributed by atoms with Crippen molar-refractivity contribution in [3.63, 3.8) is 0 Å². The van der Waals surface area contributed by atoms with E-state index < -0.39 is 30.6 Å². The molecule has 4 aromatic rings. The van der Waals surface area contributed by atoms with Crippen LogP contribution >= 0.6 is 0 Å². The van der Waals surface area contributed by atoms with Crippen molar-refractivity contribution < 1.29 is 42.8 Å². The van der Waals surface area contributed by atoms with Gasteiger partial charge < -0.3 is 39.1 Å². The van der Waals surface area contributed by atoms with Crippen LogP contribution in [0, 0.1) is 0 Å². The number of hydrogen-bond acceptors (Lipinski definition) is 9. The molecule has 11 heteroatoms. The number of alkyl carbamates (subject to hydrolysis) is 1. The Kier molecular flexibility index (Phi) is 11.0. The van der Waals surface area contributed by atoms with E-state index in [-0.39, 0.29) is 12.5 Å². The van der Waals surface area contributed by atoms with Gasteiger partial charge >= 0.3 is 12.1 Å². The van der Waals surface area contributed by atoms with Crippen LogP contribution in [0.4, 0.5) is 10.5 Å². The Balaban J connectivity index is 1.30. The first-order valence-corrected chi connectivity index (χ1v) is 15.5. The number of esters is 1. The van der Waals surface area contributed by atoms with Crippen molar-refractivity contribution in [2.75, 3.05) is 47.0 Å². The molecule has 2 N–H and O–H groups in total. The molecule has 0 radical (unpaired) electrons. The average molecular weight is 667 g/mol. The van der Waals surface area contributed by atoms with Crippen LogP contribution < -0.4 is 29.6 Å². The number of nitrogens with one attached hydrogen (secondary N) is 2. The lowest BCUT2D eigenvalue weighted by molar-refractivity contribution is -0.142. The fraction of sp³-hybridized carbons (Fsp3) is 0.237. The molecule has 0 bridgehead atoms. The number of anilines is 1. The second-order valence-corrected chi connectivity index (χ2v) is 11.1. The normalized spacial score (nSPS) is 12.3. The number of hydrogen-bond donors (Lipinski definition) is 2. The van der Waals surface area contributed by atoms with Crippen molar-refractivity contribution in [2.24, 2.45) is 0 Å². The molecule has 0 aromatic heterocycles. The van der Waals surface area contributed by atoms with Crippen LogP contribution in [-0.2, 0) is 19.1 Å². The first-order chi connectivity index (χ1) is 23.8. The molecule has 1 atom stereocenters. The summed E-state index contributed by atoms with van der Waals surface area (Å²) in [6.07, 6.45) is 2.85. The van der Waals surface area contributed by atoms with Gasteiger partial charge in [-0.15, -0.1) is 0 Å². The molecule has 2 amide bonds. The van der Waals surface area contributed by atoms with Gasteiger partial charge in [0, 0.05) is 12.8 Å². The van der Waals surface area contributed by atoms with Crippen LogP contribution in [-0.4, -0.2) is 65.7 Å². The molecule has 0 fully saturated rings. The zero-order valence-electron chi connectivity index (χ0n) is 27.9. The van der Waals surface area contributed by atoms with Crippen LogP contribution in [0.3, 0.4) is 0 Å². The first kappa shape index (κ1) is 34.4. The molecule has 5 rings (SSSR count). The van der Waals surface area contributed by atoms with E-state index >= 15 is 0 Å². The second kappa shape index (κ2) is 15.7. The molecule has 0 aliphatic heterocycles. The van der Waals surface area contributed by atoms with Crippen LogP contribution in [0.15, 0.2) is 78.9 Å². The van der Waals surface area contributed by atoms with Gasteiger partial charge in [-0.3, -0.25) is 9.59 Å². The number of ether oxygens (including phenoxy) is 6. The summed E-state index contributed by atoms with van der Waals surface area (Å²) < 4.78 is 32.5. The third kappa shape index (κ3) is 7.95. The van der Waals surface area contributed by atoms with Crippen molar-refractivity contribution in [3.8, 4) is 34.1 Å². The third-order valence-electron chi connectivity index (χ3n) is 8.04. The zero-order chi connectivity index (χ0) is 34.9. The number of benzene rings is 4. The van der Waals surface area contributed by atoms with Gasteiger partial charge in [-0.1, -0.05) is 66.7 Å². The summed E-state index contributed by atoms with van der Waals surface area (Å²) in [5.74, 6) is 0.456. The monoisotopic (exact) mass is 666 g/mol. The van der Waals surface area contributed by atoms with Crippen LogP contribution in [0.25, 0.3) is 23.3 Å². The van der Waals surface area contributed by atoms with E-state index in [1.807, 2.05) is 66.7 Å². The fourth-order valence-electron chi connectivity index (χ4n) is 5.70. The molecule has 0 saturated heterocycles. The highest BCUT2D eigenvalue weighted by Crippen LogP contribution is 2.44. The molecule has 0 saturated carbocycles. The van der Waals surface area contributed by atoms with Gasteiger partial charge in [0.1, 0.15) is 25.0 Å². The Bertz CT molecular complexity index is 1800. The molecule has 49 heavy (non-hydrogen) atoms. The Labute approximate surface area is 284 Å². The summed E-state index contributed by atoms with van der Waals surface area (Å²) in [7, 11) is 6.09. The molecule has 1 aliphatic rings. The van der Waals surface area contributed by atoms with Gasteiger partial charge in [-0.2, -0.15) is 0 Å². The minimum atomic E-state index is -1.26. The molecule has 0 heterocycles. The maximum absolute atomic E-state index is 13.5. The first-order valence-electron chi connectivity index (χ1n) is 15.5. The molecule has 4 aromatic carbocycles. The number of methoxy groups -OCH3 is 4. The van der Waals surface area contributed by atoms with Crippen molar-refractivity contribution in [1.82, 2.24) is 5.32 Å². The Morgan fingerprint density at radius 2 is 1.31 bits per heavy atom. The Hall–Kier alpha value is -5.97. The lowest BCUT2D eigenvalue weighted by Gasteiger charge is -2.20. The van der Waals surface area contributed by atoms with Crippen molar-refractivity contribution in [1.29, 1.82) is 0 Å². The van der Waals surface area contributed by atoms with E-state index in [1.54, 1.807) is 38.5 Å². The Morgan fingerprint density at radius 1 is 0.714 bits per heavy atom. The van der Waals surface area contributed by atoms with Crippen molar-refractivity contribution in [2.45, 2.75) is 18.9 Å². The average Bonchev–Trinajstić information content (AvgIpc) is 3.44. The van der Waals surface area contributed by atoms with Crippen LogP contribution in [0.2, 0.25) is 0 Å². The highest BCUT2D eigenvalue weighted by molar-refractivity contribution is 5.98. The quantitative estimate of drug-likeness (QED) is 0.125. The predicted octanol–water partition coefficient (Wildman–Crippen LogP) is 6.30. The smallest absolute Gasteiger partial charge is 0.407 e. The third-order valence-corrected chi connectivity index (χ3v) is 8.04. The molecular formula is C38H38N2O9. The minimum Gasteiger partial charge on any atom is -0.495 e. The summed E-state index contributed by atoms with van der Waals surface area (Å²) in [5, 5.41) is 5.34. The number of amides is 2. The van der Waals surface area contributed by atoms with Gasteiger partial charge in [0.25, 0.3) is 5.91 Å². The summed E-state index contributed by atoms with van der Waals surface area (Å²) in [5.41, 5.74) is 6.13. The van der Waals surface area contributed by atoms with Crippen molar-refractivity contribution >= 4 is 35.8 Å². The summed E-state index contributed by atoms with van der Waals surface area (Å²) >= 11 is 0. The van der Waals surface area contributed by atoms with E-state index in [0.29, 0.717) is 28.7 Å². The van der Waals surface area contributed by atoms with Crippen molar-refractivity contribution in [3.05, 3.63) is 101 Å². The van der Waals surface area contributed by atoms with Crippen LogP contribution in [0.1, 0.15) is 35.1 Å². The van der Waals surface area contributed by atoms with Gasteiger partial charge in [-0.05, 0) is 57.6 Å². The van der Waals surface area contributed by atoms with Gasteiger partial charge in [0.2, 0.25) is 5.75 Å². The molecule has 1 aliphatic carbocycles. The van der Waals surface area contributed by atoms with E-state index in [4.69, 9.17) is 28.4 Å². The lowest BCUT2D eigenvalue weighted by atomic mass is 9.98. The molecule has 254 valence electrons. The summed E-state index contributed by atoms with van der Waals surface area (Å²) in [6.45, 7) is 0.861. The van der Waals surface area contributed by atoms with E-state index in [1.165, 1.54) is 21.1 Å². The topological polar surface area (TPSA) is 131 Å². The highest BCUT2D eigenvalue weighted by atomic mass is 16.6. The summed E-state index contributed by atoms with van der Waals surface area (Å²) in [4.78, 5) is 38.2. The van der Waals surface area contributed by atoms with E-state index in [9.17, 15) is 14.4 Å². The summed E-state index contributed by atoms with van der Waals surface area (Å²) in [6, 6.07) is 23.5. The van der Waals surface area contributed by atoms with E-state index in [0.717, 1.165) is 33.4 Å². The molecular weight excluding hydrogens is 628 g/mol. The number of carbonyl (C=O) groups excluding carboxylic acids is 3. The second-order valence-electron chi connectivity index (χ2n) is 11.1. The molecule has 0 spiro atoms. The Morgan fingerprint density at radius 3 is 1.88 bits per heavy atom. The lowest BCUT2D eigenvalue weighted by Crippen LogP contribution is -2.47. The fourth-order valence-corrected chi connectivity index (χ4v) is 5.70. The van der Waals surface area contributed by atoms with Gasteiger partial charge in [-0.25, -0.2) is 4.79 Å². The van der Waals surface area contributed by atoms with Gasteiger partial charge in [0.05, 0.1) is 34.1 Å². The molecule has 11 nitrogen and oxygen atoms in total. The maximum atomic E-state index is 13.5. The molecule has 0 unspecified atom stereocenters. The number of fused-ring (bicyclic) bond motifs is 3. The highest BCUT2D eigenvalue weighted by Gasteiger charge is 2.30.